The topological polar surface area (TPSA) is 59.1 Å². The van der Waals surface area contributed by atoms with Crippen molar-refractivity contribution in [3.8, 4) is 5.75 Å². The SMILES string of the molecule is O=C(COc1ccc(Cl)cc1)N1CCN(C(=O)CC2CCOC2)CC1. The summed E-state index contributed by atoms with van der Waals surface area (Å²) >= 11 is 5.82. The lowest BCUT2D eigenvalue weighted by Crippen LogP contribution is -2.51. The number of piperazine rings is 1. The smallest absolute Gasteiger partial charge is 0.260 e. The highest BCUT2D eigenvalue weighted by atomic mass is 35.5. The van der Waals surface area contributed by atoms with Crippen molar-refractivity contribution in [3.05, 3.63) is 29.3 Å². The highest BCUT2D eigenvalue weighted by molar-refractivity contribution is 6.30. The van der Waals surface area contributed by atoms with Crippen LogP contribution in [0, 0.1) is 5.92 Å². The van der Waals surface area contributed by atoms with Gasteiger partial charge in [-0.2, -0.15) is 0 Å². The maximum Gasteiger partial charge on any atom is 0.260 e. The van der Waals surface area contributed by atoms with Crippen molar-refractivity contribution in [2.24, 2.45) is 5.92 Å². The molecule has 0 saturated carbocycles. The summed E-state index contributed by atoms with van der Waals surface area (Å²) in [5, 5.41) is 0.628. The summed E-state index contributed by atoms with van der Waals surface area (Å²) in [4.78, 5) is 28.1. The van der Waals surface area contributed by atoms with Crippen molar-refractivity contribution >= 4 is 23.4 Å². The van der Waals surface area contributed by atoms with Crippen LogP contribution < -0.4 is 4.74 Å². The van der Waals surface area contributed by atoms with Gasteiger partial charge in [-0.25, -0.2) is 0 Å². The van der Waals surface area contributed by atoms with Gasteiger partial charge in [0, 0.05) is 50.8 Å². The molecule has 2 aliphatic rings. The van der Waals surface area contributed by atoms with Crippen molar-refractivity contribution in [2.75, 3.05) is 46.0 Å². The molecule has 3 rings (SSSR count). The molecule has 136 valence electrons. The summed E-state index contributed by atoms with van der Waals surface area (Å²) < 4.78 is 10.8. The largest absolute Gasteiger partial charge is 0.484 e. The fourth-order valence-corrected chi connectivity index (χ4v) is 3.22. The van der Waals surface area contributed by atoms with Gasteiger partial charge in [0.25, 0.3) is 5.91 Å². The van der Waals surface area contributed by atoms with Crippen LogP contribution in [0.2, 0.25) is 5.02 Å². The molecule has 0 bridgehead atoms. The molecule has 1 aromatic rings. The summed E-state index contributed by atoms with van der Waals surface area (Å²) in [7, 11) is 0. The number of nitrogens with zero attached hydrogens (tertiary/aromatic N) is 2. The van der Waals surface area contributed by atoms with E-state index in [2.05, 4.69) is 0 Å². The molecular formula is C18H23ClN2O4. The molecular weight excluding hydrogens is 344 g/mol. The molecule has 0 aliphatic carbocycles. The third kappa shape index (κ3) is 5.09. The van der Waals surface area contributed by atoms with Crippen molar-refractivity contribution in [2.45, 2.75) is 12.8 Å². The Morgan fingerprint density at radius 1 is 1.08 bits per heavy atom. The lowest BCUT2D eigenvalue weighted by molar-refractivity contribution is -0.141. The molecule has 2 saturated heterocycles. The van der Waals surface area contributed by atoms with Crippen LogP contribution in [-0.2, 0) is 14.3 Å². The first-order chi connectivity index (χ1) is 12.1. The van der Waals surface area contributed by atoms with Crippen molar-refractivity contribution in [1.82, 2.24) is 9.80 Å². The first-order valence-electron chi connectivity index (χ1n) is 8.63. The Hall–Kier alpha value is -1.79. The number of rotatable bonds is 5. The van der Waals surface area contributed by atoms with E-state index >= 15 is 0 Å². The zero-order valence-corrected chi connectivity index (χ0v) is 14.9. The Morgan fingerprint density at radius 3 is 2.32 bits per heavy atom. The van der Waals surface area contributed by atoms with Gasteiger partial charge >= 0.3 is 0 Å². The molecule has 0 radical (unpaired) electrons. The lowest BCUT2D eigenvalue weighted by Gasteiger charge is -2.35. The molecule has 2 amide bonds. The number of amides is 2. The number of hydrogen-bond donors (Lipinski definition) is 0. The highest BCUT2D eigenvalue weighted by Crippen LogP contribution is 2.18. The van der Waals surface area contributed by atoms with Crippen LogP contribution >= 0.6 is 11.6 Å². The van der Waals surface area contributed by atoms with E-state index in [9.17, 15) is 9.59 Å². The average molecular weight is 367 g/mol. The predicted molar refractivity (Wildman–Crippen MR) is 93.7 cm³/mol. The standard InChI is InChI=1S/C18H23ClN2O4/c19-15-1-3-16(4-2-15)25-13-18(23)21-8-6-20(7-9-21)17(22)11-14-5-10-24-12-14/h1-4,14H,5-13H2. The van der Waals surface area contributed by atoms with E-state index in [1.165, 1.54) is 0 Å². The van der Waals surface area contributed by atoms with Crippen LogP contribution in [0.3, 0.4) is 0 Å². The summed E-state index contributed by atoms with van der Waals surface area (Å²) in [6, 6.07) is 6.92. The van der Waals surface area contributed by atoms with Crippen LogP contribution in [0.5, 0.6) is 5.75 Å². The van der Waals surface area contributed by atoms with E-state index in [4.69, 9.17) is 21.1 Å². The Kier molecular flexibility index (Phi) is 6.15. The molecule has 0 spiro atoms. The minimum Gasteiger partial charge on any atom is -0.484 e. The van der Waals surface area contributed by atoms with Gasteiger partial charge in [0.15, 0.2) is 6.61 Å². The van der Waals surface area contributed by atoms with E-state index in [0.29, 0.717) is 55.9 Å². The Balaban J connectivity index is 1.39. The number of hydrogen-bond acceptors (Lipinski definition) is 4. The summed E-state index contributed by atoms with van der Waals surface area (Å²) in [5.74, 6) is 1.07. The lowest BCUT2D eigenvalue weighted by atomic mass is 10.0. The van der Waals surface area contributed by atoms with Gasteiger partial charge in [0.1, 0.15) is 5.75 Å². The fourth-order valence-electron chi connectivity index (χ4n) is 3.09. The van der Waals surface area contributed by atoms with Crippen LogP contribution in [0.15, 0.2) is 24.3 Å². The van der Waals surface area contributed by atoms with Crippen LogP contribution in [-0.4, -0.2) is 67.6 Å². The van der Waals surface area contributed by atoms with Gasteiger partial charge in [-0.05, 0) is 36.6 Å². The minimum atomic E-state index is -0.0637. The quantitative estimate of drug-likeness (QED) is 0.797. The zero-order valence-electron chi connectivity index (χ0n) is 14.2. The molecule has 2 aliphatic heterocycles. The van der Waals surface area contributed by atoms with Crippen LogP contribution in [0.4, 0.5) is 0 Å². The Labute approximate surface area is 152 Å². The summed E-state index contributed by atoms with van der Waals surface area (Å²) in [6.07, 6.45) is 1.51. The van der Waals surface area contributed by atoms with Crippen LogP contribution in [0.1, 0.15) is 12.8 Å². The van der Waals surface area contributed by atoms with Crippen molar-refractivity contribution in [3.63, 3.8) is 0 Å². The number of carbonyl (C=O) groups is 2. The monoisotopic (exact) mass is 366 g/mol. The van der Waals surface area contributed by atoms with E-state index in [0.717, 1.165) is 13.0 Å². The minimum absolute atomic E-state index is 0.00497. The second-order valence-electron chi connectivity index (χ2n) is 6.44. The molecule has 25 heavy (non-hydrogen) atoms. The molecule has 1 aromatic carbocycles. The van der Waals surface area contributed by atoms with Gasteiger partial charge < -0.3 is 19.3 Å². The number of carbonyl (C=O) groups excluding carboxylic acids is 2. The number of benzene rings is 1. The maximum atomic E-state index is 12.3. The molecule has 2 heterocycles. The van der Waals surface area contributed by atoms with Gasteiger partial charge in [-0.1, -0.05) is 11.6 Å². The van der Waals surface area contributed by atoms with Crippen molar-refractivity contribution < 1.29 is 19.1 Å². The molecule has 7 heteroatoms. The van der Waals surface area contributed by atoms with Crippen LogP contribution in [0.25, 0.3) is 0 Å². The number of ether oxygens (including phenoxy) is 2. The third-order valence-electron chi connectivity index (χ3n) is 4.65. The maximum absolute atomic E-state index is 12.3. The fraction of sp³-hybridized carbons (Fsp3) is 0.556. The van der Waals surface area contributed by atoms with E-state index < -0.39 is 0 Å². The van der Waals surface area contributed by atoms with E-state index in [1.807, 2.05) is 4.90 Å². The Morgan fingerprint density at radius 2 is 1.72 bits per heavy atom. The molecule has 1 atom stereocenters. The molecule has 2 fully saturated rings. The van der Waals surface area contributed by atoms with E-state index in [1.54, 1.807) is 29.2 Å². The van der Waals surface area contributed by atoms with Gasteiger partial charge in [0.2, 0.25) is 5.91 Å². The normalized spacial score (nSPS) is 20.6. The molecule has 0 N–H and O–H groups in total. The van der Waals surface area contributed by atoms with Gasteiger partial charge in [0.05, 0.1) is 0 Å². The first-order valence-corrected chi connectivity index (χ1v) is 9.01. The summed E-state index contributed by atoms with van der Waals surface area (Å²) in [6.45, 7) is 3.71. The second-order valence-corrected chi connectivity index (χ2v) is 6.87. The third-order valence-corrected chi connectivity index (χ3v) is 4.90. The highest BCUT2D eigenvalue weighted by Gasteiger charge is 2.27. The van der Waals surface area contributed by atoms with Gasteiger partial charge in [-0.15, -0.1) is 0 Å². The average Bonchev–Trinajstić information content (AvgIpc) is 3.14. The van der Waals surface area contributed by atoms with Crippen molar-refractivity contribution in [1.29, 1.82) is 0 Å². The zero-order chi connectivity index (χ0) is 17.6. The Bertz CT molecular complexity index is 594. The number of halogens is 1. The molecule has 0 aromatic heterocycles. The molecule has 6 nitrogen and oxygen atoms in total. The second kappa shape index (κ2) is 8.54. The summed E-state index contributed by atoms with van der Waals surface area (Å²) in [5.41, 5.74) is 0. The van der Waals surface area contributed by atoms with E-state index in [-0.39, 0.29) is 18.4 Å². The predicted octanol–water partition coefficient (Wildman–Crippen LogP) is 1.82. The molecule has 1 unspecified atom stereocenters. The first kappa shape index (κ1) is 18.0. The van der Waals surface area contributed by atoms with Gasteiger partial charge in [-0.3, -0.25) is 9.59 Å².